The molecule has 7 atom stereocenters. The number of hydrogen-bond acceptors (Lipinski definition) is 13. The monoisotopic (exact) mass is 794 g/mol. The number of aliphatic hydroxyl groups is 3. The number of ether oxygens (including phenoxy) is 2. The third-order valence-electron chi connectivity index (χ3n) is 12.1. The summed E-state index contributed by atoms with van der Waals surface area (Å²) in [4.78, 5) is 36.5. The summed E-state index contributed by atoms with van der Waals surface area (Å²) in [6.45, 7) is 14.2. The van der Waals surface area contributed by atoms with Crippen molar-refractivity contribution in [2.24, 2.45) is 29.1 Å². The highest BCUT2D eigenvalue weighted by Crippen LogP contribution is 2.76. The predicted molar refractivity (Wildman–Crippen MR) is 206 cm³/mol. The molecule has 1 aromatic carbocycles. The maximum Gasteiger partial charge on any atom is 0.411 e. The number of benzene rings is 1. The van der Waals surface area contributed by atoms with Crippen LogP contribution in [0, 0.1) is 42.9 Å². The number of nitrogens with one attached hydrogen (secondary N) is 2. The zero-order chi connectivity index (χ0) is 41.3. The Morgan fingerprint density at radius 2 is 1.77 bits per heavy atom. The average Bonchev–Trinajstić information content (AvgIpc) is 3.28. The molecule has 0 radical (unpaired) electrons. The van der Waals surface area contributed by atoms with Crippen molar-refractivity contribution in [3.8, 4) is 11.3 Å². The molecular weight excluding hydrogens is 745 g/mol. The van der Waals surface area contributed by atoms with Crippen LogP contribution in [0.3, 0.4) is 0 Å². The SMILES string of the molecule is CC(=O)O[C@@]12C[C@@H](C)[C@@]3(O)[C@@H](C=C(CO)C[C@]4(O)C(=O)C(C)=C[C@@H]34)[C@@H]1C2(C)C.CCOC(=O)Nc1cc(-c2ccc(C)c(NS(C)(=O)=O)c2)nn2c(C)nnc12. The summed E-state index contributed by atoms with van der Waals surface area (Å²) in [6.07, 6.45) is 4.47. The van der Waals surface area contributed by atoms with Gasteiger partial charge in [0.25, 0.3) is 0 Å². The number of aromatic nitrogens is 4. The van der Waals surface area contributed by atoms with Gasteiger partial charge in [-0.2, -0.15) is 9.61 Å². The summed E-state index contributed by atoms with van der Waals surface area (Å²) < 4.78 is 38.0. The predicted octanol–water partition coefficient (Wildman–Crippen LogP) is 3.88. The maximum atomic E-state index is 12.8. The first-order valence-corrected chi connectivity index (χ1v) is 20.4. The Kier molecular flexibility index (Phi) is 10.3. The van der Waals surface area contributed by atoms with Crippen molar-refractivity contribution in [2.75, 3.05) is 29.5 Å². The molecule has 0 bridgehead atoms. The highest BCUT2D eigenvalue weighted by molar-refractivity contribution is 7.92. The lowest BCUT2D eigenvalue weighted by atomic mass is 9.60. The molecule has 0 unspecified atom stereocenters. The van der Waals surface area contributed by atoms with Crippen LogP contribution in [-0.4, -0.2) is 97.7 Å². The second kappa shape index (κ2) is 14.0. The van der Waals surface area contributed by atoms with E-state index >= 15 is 0 Å². The molecule has 5 N–H and O–H groups in total. The van der Waals surface area contributed by atoms with Gasteiger partial charge >= 0.3 is 12.1 Å². The molecule has 0 spiro atoms. The van der Waals surface area contributed by atoms with E-state index in [0.717, 1.165) is 11.8 Å². The van der Waals surface area contributed by atoms with E-state index in [1.165, 1.54) is 11.4 Å². The molecule has 2 heterocycles. The number of Topliss-reactive ketones (excluding diaryl/α,β-unsaturated/α-hetero) is 1. The molecule has 7 rings (SSSR count). The van der Waals surface area contributed by atoms with Crippen molar-refractivity contribution in [1.82, 2.24) is 19.8 Å². The summed E-state index contributed by atoms with van der Waals surface area (Å²) in [5.41, 5.74) is -0.0772. The van der Waals surface area contributed by atoms with Gasteiger partial charge in [-0.3, -0.25) is 19.6 Å². The van der Waals surface area contributed by atoms with Crippen molar-refractivity contribution < 1.29 is 47.6 Å². The first-order valence-electron chi connectivity index (χ1n) is 18.5. The number of fused-ring (bicyclic) bond motifs is 6. The van der Waals surface area contributed by atoms with Gasteiger partial charge in [-0.1, -0.05) is 45.1 Å². The first-order chi connectivity index (χ1) is 26.0. The molecule has 0 aliphatic heterocycles. The van der Waals surface area contributed by atoms with Crippen LogP contribution >= 0.6 is 0 Å². The normalized spacial score (nSPS) is 30.0. The fourth-order valence-corrected chi connectivity index (χ4v) is 10.1. The van der Waals surface area contributed by atoms with Gasteiger partial charge in [-0.15, -0.1) is 10.2 Å². The number of hydrogen-bond donors (Lipinski definition) is 5. The highest BCUT2D eigenvalue weighted by atomic mass is 32.2. The number of amides is 1. The summed E-state index contributed by atoms with van der Waals surface area (Å²) in [7, 11) is -3.43. The minimum Gasteiger partial charge on any atom is -0.458 e. The van der Waals surface area contributed by atoms with Gasteiger partial charge in [0.1, 0.15) is 11.2 Å². The minimum absolute atomic E-state index is 0.0000834. The lowest BCUT2D eigenvalue weighted by Crippen LogP contribution is -2.61. The summed E-state index contributed by atoms with van der Waals surface area (Å²) in [5, 5.41) is 48.6. The molecule has 1 amide bonds. The van der Waals surface area contributed by atoms with Crippen molar-refractivity contribution in [1.29, 1.82) is 0 Å². The van der Waals surface area contributed by atoms with Crippen LogP contribution in [0.1, 0.15) is 65.8 Å². The third kappa shape index (κ3) is 6.67. The van der Waals surface area contributed by atoms with Crippen LogP contribution in [0.25, 0.3) is 16.9 Å². The lowest BCUT2D eigenvalue weighted by molar-refractivity contribution is -0.186. The quantitative estimate of drug-likeness (QED) is 0.169. The van der Waals surface area contributed by atoms with Crippen molar-refractivity contribution >= 4 is 44.9 Å². The van der Waals surface area contributed by atoms with Gasteiger partial charge in [-0.25, -0.2) is 13.2 Å². The van der Waals surface area contributed by atoms with E-state index in [1.54, 1.807) is 52.0 Å². The van der Waals surface area contributed by atoms with Crippen molar-refractivity contribution in [2.45, 2.75) is 85.0 Å². The van der Waals surface area contributed by atoms with E-state index in [9.17, 15) is 38.1 Å². The van der Waals surface area contributed by atoms with Crippen molar-refractivity contribution in [3.63, 3.8) is 0 Å². The number of carbonyl (C=O) groups excluding carboxylic acids is 3. The number of carbonyl (C=O) groups is 3. The molecule has 2 fully saturated rings. The van der Waals surface area contributed by atoms with Gasteiger partial charge < -0.3 is 24.8 Å². The number of ketones is 1. The van der Waals surface area contributed by atoms with E-state index in [4.69, 9.17) is 9.47 Å². The molecule has 4 aliphatic rings. The second-order valence-electron chi connectivity index (χ2n) is 16.1. The van der Waals surface area contributed by atoms with Gasteiger partial charge in [-0.05, 0) is 68.9 Å². The second-order valence-corrected chi connectivity index (χ2v) is 17.9. The number of sulfonamides is 1. The fraction of sp³-hybridized carbons (Fsp3) is 0.538. The standard InChI is InChI=1S/C22H30O6.C17H20N6O4S/c1-11-6-16-20(26,18(11)25)9-14(10-23)7-15-17-19(4,5)21(17,28-13(3)24)8-12(2)22(15,16)27;1-5-27-17(24)18-15-9-14(21-23-11(3)19-20-16(15)23)12-7-6-10(2)13(8-12)22-28(4,25)26/h6-7,12,15-17,23,26-27H,8-10H2,1-5H3;6-9,22H,5H2,1-4H3,(H,18,24)/t12-,15+,16-,17-,20-,21+,22-;/m1./s1. The third-order valence-corrected chi connectivity index (χ3v) is 12.7. The number of esters is 1. The van der Waals surface area contributed by atoms with E-state index in [-0.39, 0.29) is 48.6 Å². The Hall–Kier alpha value is -4.71. The number of nitrogens with zero attached hydrogens (tertiary/aromatic N) is 4. The number of anilines is 2. The van der Waals surface area contributed by atoms with Crippen LogP contribution in [0.15, 0.2) is 47.6 Å². The van der Waals surface area contributed by atoms with Crippen LogP contribution in [0.2, 0.25) is 0 Å². The van der Waals surface area contributed by atoms with Gasteiger partial charge in [0.2, 0.25) is 15.7 Å². The Bertz CT molecular complexity index is 2300. The average molecular weight is 795 g/mol. The topological polar surface area (TPSA) is 232 Å². The smallest absolute Gasteiger partial charge is 0.411 e. The number of rotatable bonds is 7. The Labute approximate surface area is 325 Å². The highest BCUT2D eigenvalue weighted by Gasteiger charge is 2.83. The molecule has 0 saturated heterocycles. The van der Waals surface area contributed by atoms with E-state index in [1.807, 2.05) is 32.9 Å². The molecule has 2 aromatic heterocycles. The number of aliphatic hydroxyl groups excluding tert-OH is 1. The molecule has 2 saturated carbocycles. The maximum absolute atomic E-state index is 12.8. The lowest BCUT2D eigenvalue weighted by Gasteiger charge is -2.50. The Balaban J connectivity index is 0.000000190. The summed E-state index contributed by atoms with van der Waals surface area (Å²) in [6, 6.07) is 6.91. The molecule has 16 nitrogen and oxygen atoms in total. The van der Waals surface area contributed by atoms with Crippen LogP contribution < -0.4 is 10.0 Å². The first kappa shape index (κ1) is 40.9. The molecule has 3 aromatic rings. The molecule has 17 heteroatoms. The summed E-state index contributed by atoms with van der Waals surface area (Å²) in [5.74, 6) is -1.89. The summed E-state index contributed by atoms with van der Waals surface area (Å²) >= 11 is 0. The Morgan fingerprint density at radius 3 is 2.39 bits per heavy atom. The van der Waals surface area contributed by atoms with Gasteiger partial charge in [0.05, 0.1) is 42.1 Å². The molecular formula is C39H50N6O10S. The fourth-order valence-electron chi connectivity index (χ4n) is 9.44. The zero-order valence-corrected chi connectivity index (χ0v) is 33.8. The van der Waals surface area contributed by atoms with Gasteiger partial charge in [0.15, 0.2) is 11.6 Å². The van der Waals surface area contributed by atoms with Gasteiger partial charge in [0, 0.05) is 42.1 Å². The van der Waals surface area contributed by atoms with E-state index in [2.05, 4.69) is 25.3 Å². The van der Waals surface area contributed by atoms with Crippen molar-refractivity contribution in [3.05, 3.63) is 59.0 Å². The minimum atomic E-state index is -3.43. The largest absolute Gasteiger partial charge is 0.458 e. The van der Waals surface area contributed by atoms with Crippen LogP contribution in [0.4, 0.5) is 16.2 Å². The molecule has 56 heavy (non-hydrogen) atoms. The van der Waals surface area contributed by atoms with Crippen LogP contribution in [0.5, 0.6) is 0 Å². The zero-order valence-electron chi connectivity index (χ0n) is 33.0. The van der Waals surface area contributed by atoms with E-state index in [0.29, 0.717) is 51.7 Å². The van der Waals surface area contributed by atoms with Crippen LogP contribution in [-0.2, 0) is 29.1 Å². The molecule has 302 valence electrons. The Morgan fingerprint density at radius 1 is 1.07 bits per heavy atom. The molecule has 4 aliphatic carbocycles. The number of aryl methyl sites for hydroxylation is 2. The van der Waals surface area contributed by atoms with E-state index < -0.39 is 44.8 Å².